The topological polar surface area (TPSA) is 107 Å². The number of rotatable bonds is 11. The fraction of sp³-hybridized carbons (Fsp3) is 0.192. The first-order valence-corrected chi connectivity index (χ1v) is 12.9. The highest BCUT2D eigenvalue weighted by molar-refractivity contribution is 14.1. The lowest BCUT2D eigenvalue weighted by Crippen LogP contribution is -2.34. The Morgan fingerprint density at radius 3 is 2.37 bits per heavy atom. The summed E-state index contributed by atoms with van der Waals surface area (Å²) in [6.07, 6.45) is 1.46. The second kappa shape index (κ2) is 14.1. The first-order valence-electron chi connectivity index (χ1n) is 11.0. The van der Waals surface area contributed by atoms with Crippen molar-refractivity contribution < 1.29 is 28.5 Å². The van der Waals surface area contributed by atoms with Crippen molar-refractivity contribution in [3.63, 3.8) is 0 Å². The summed E-state index contributed by atoms with van der Waals surface area (Å²) in [6.45, 7) is -0.0493. The predicted octanol–water partition coefficient (Wildman–Crippen LogP) is 5.08. The Labute approximate surface area is 243 Å². The van der Waals surface area contributed by atoms with E-state index in [1.54, 1.807) is 36.4 Å². The number of carbonyl (C=O) groups excluding carboxylic acids is 2. The third-order valence-corrected chi connectivity index (χ3v) is 6.49. The van der Waals surface area contributed by atoms with Crippen LogP contribution in [0, 0.1) is 3.57 Å². The summed E-state index contributed by atoms with van der Waals surface area (Å²) in [4.78, 5) is 24.5. The number of amides is 2. The number of methoxy groups -OCH3 is 3. The van der Waals surface area contributed by atoms with Gasteiger partial charge in [0.25, 0.3) is 11.8 Å². The highest BCUT2D eigenvalue weighted by Crippen LogP contribution is 2.35. The lowest BCUT2D eigenvalue weighted by Gasteiger charge is -2.14. The van der Waals surface area contributed by atoms with Crippen molar-refractivity contribution in [2.45, 2.75) is 6.61 Å². The fourth-order valence-electron chi connectivity index (χ4n) is 3.20. The van der Waals surface area contributed by atoms with Gasteiger partial charge in [0.1, 0.15) is 6.61 Å². The maximum atomic E-state index is 12.4. The molecule has 0 aliphatic heterocycles. The Bertz CT molecular complexity index is 1350. The molecule has 0 heterocycles. The van der Waals surface area contributed by atoms with Gasteiger partial charge in [0.05, 0.1) is 37.7 Å². The number of hydrogen-bond acceptors (Lipinski definition) is 7. The summed E-state index contributed by atoms with van der Waals surface area (Å²) >= 11 is 14.3. The third-order valence-electron chi connectivity index (χ3n) is 5.10. The maximum Gasteiger partial charge on any atom is 0.259 e. The first-order chi connectivity index (χ1) is 18.2. The van der Waals surface area contributed by atoms with Gasteiger partial charge in [0.15, 0.2) is 23.0 Å². The summed E-state index contributed by atoms with van der Waals surface area (Å²) in [5, 5.41) is 7.54. The van der Waals surface area contributed by atoms with Crippen LogP contribution in [0.5, 0.6) is 23.0 Å². The molecule has 0 unspecified atom stereocenters. The van der Waals surface area contributed by atoms with Crippen LogP contribution in [0.15, 0.2) is 53.6 Å². The molecule has 0 bridgehead atoms. The van der Waals surface area contributed by atoms with E-state index in [1.165, 1.54) is 33.6 Å². The van der Waals surface area contributed by atoms with Crippen molar-refractivity contribution in [1.82, 2.24) is 10.7 Å². The van der Waals surface area contributed by atoms with E-state index in [0.29, 0.717) is 44.2 Å². The number of nitrogens with one attached hydrogen (secondary N) is 2. The molecular weight excluding hydrogens is 648 g/mol. The van der Waals surface area contributed by atoms with E-state index in [2.05, 4.69) is 38.4 Å². The molecule has 3 aromatic carbocycles. The average molecular weight is 672 g/mol. The average Bonchev–Trinajstić information content (AvgIpc) is 2.91. The quantitative estimate of drug-likeness (QED) is 0.167. The Hall–Kier alpha value is -3.22. The van der Waals surface area contributed by atoms with Crippen LogP contribution < -0.4 is 29.7 Å². The van der Waals surface area contributed by atoms with Crippen LogP contribution in [0.4, 0.5) is 0 Å². The van der Waals surface area contributed by atoms with Gasteiger partial charge in [-0.15, -0.1) is 0 Å². The van der Waals surface area contributed by atoms with Gasteiger partial charge < -0.3 is 24.3 Å². The van der Waals surface area contributed by atoms with Crippen LogP contribution in [0.1, 0.15) is 21.5 Å². The summed E-state index contributed by atoms with van der Waals surface area (Å²) in [6, 6.07) is 13.4. The number of hydrazone groups is 1. The van der Waals surface area contributed by atoms with Crippen molar-refractivity contribution in [3.05, 3.63) is 78.8 Å². The molecule has 0 atom stereocenters. The van der Waals surface area contributed by atoms with Gasteiger partial charge >= 0.3 is 0 Å². The lowest BCUT2D eigenvalue weighted by atomic mass is 10.2. The van der Waals surface area contributed by atoms with E-state index >= 15 is 0 Å². The second-order valence-electron chi connectivity index (χ2n) is 7.60. The zero-order chi connectivity index (χ0) is 27.7. The van der Waals surface area contributed by atoms with Crippen LogP contribution in [-0.4, -0.2) is 45.9 Å². The highest BCUT2D eigenvalue weighted by atomic mass is 127. The smallest absolute Gasteiger partial charge is 0.259 e. The van der Waals surface area contributed by atoms with Crippen LogP contribution >= 0.6 is 45.8 Å². The molecule has 2 N–H and O–H groups in total. The zero-order valence-electron chi connectivity index (χ0n) is 20.6. The molecule has 200 valence electrons. The van der Waals surface area contributed by atoms with Crippen molar-refractivity contribution in [1.29, 1.82) is 0 Å². The molecule has 0 saturated heterocycles. The Balaban J connectivity index is 1.57. The van der Waals surface area contributed by atoms with E-state index in [9.17, 15) is 9.59 Å². The Morgan fingerprint density at radius 2 is 1.68 bits per heavy atom. The van der Waals surface area contributed by atoms with Gasteiger partial charge in [-0.1, -0.05) is 29.3 Å². The van der Waals surface area contributed by atoms with Gasteiger partial charge in [0.2, 0.25) is 0 Å². The molecule has 3 rings (SSSR count). The van der Waals surface area contributed by atoms with Gasteiger partial charge in [-0.2, -0.15) is 5.10 Å². The predicted molar refractivity (Wildman–Crippen MR) is 154 cm³/mol. The summed E-state index contributed by atoms with van der Waals surface area (Å²) in [5.41, 5.74) is 4.14. The standard InChI is InChI=1S/C26H24Cl2IN3O6/c1-35-21-7-5-16(10-22(21)36-2)26(34)30-13-24(33)32-31-12-15-8-20(29)25(23(9-15)37-3)38-14-17-4-6-18(27)11-19(17)28/h4-12H,13-14H2,1-3H3,(H,30,34)(H,32,33)/b31-12+. The molecule has 0 aliphatic rings. The minimum Gasteiger partial charge on any atom is -0.493 e. The Morgan fingerprint density at radius 1 is 0.947 bits per heavy atom. The molecule has 38 heavy (non-hydrogen) atoms. The van der Waals surface area contributed by atoms with Crippen molar-refractivity contribution in [2.24, 2.45) is 5.10 Å². The van der Waals surface area contributed by atoms with E-state index in [4.69, 9.17) is 42.1 Å². The number of benzene rings is 3. The number of ether oxygens (including phenoxy) is 4. The molecule has 3 aromatic rings. The van der Waals surface area contributed by atoms with E-state index < -0.39 is 11.8 Å². The van der Waals surface area contributed by atoms with Crippen LogP contribution in [0.25, 0.3) is 0 Å². The largest absolute Gasteiger partial charge is 0.493 e. The van der Waals surface area contributed by atoms with Crippen molar-refractivity contribution >= 4 is 63.8 Å². The zero-order valence-corrected chi connectivity index (χ0v) is 24.3. The first kappa shape index (κ1) is 29.3. The van der Waals surface area contributed by atoms with Gasteiger partial charge in [-0.05, 0) is 70.6 Å². The number of carbonyl (C=O) groups is 2. The van der Waals surface area contributed by atoms with Crippen molar-refractivity contribution in [2.75, 3.05) is 27.9 Å². The van der Waals surface area contributed by atoms with Crippen LogP contribution in [0.2, 0.25) is 10.0 Å². The molecule has 0 saturated carbocycles. The molecule has 0 aromatic heterocycles. The molecule has 0 spiro atoms. The number of hydrogen-bond donors (Lipinski definition) is 2. The minimum atomic E-state index is -0.503. The second-order valence-corrected chi connectivity index (χ2v) is 9.61. The monoisotopic (exact) mass is 671 g/mol. The fourth-order valence-corrected chi connectivity index (χ4v) is 4.45. The normalized spacial score (nSPS) is 10.7. The molecule has 9 nitrogen and oxygen atoms in total. The van der Waals surface area contributed by atoms with E-state index in [1.807, 2.05) is 6.07 Å². The van der Waals surface area contributed by atoms with Gasteiger partial charge in [-0.25, -0.2) is 5.43 Å². The summed E-state index contributed by atoms with van der Waals surface area (Å²) in [7, 11) is 4.50. The Kier molecular flexibility index (Phi) is 10.9. The SMILES string of the molecule is COc1ccc(C(=O)NCC(=O)N/N=C/c2cc(I)c(OCc3ccc(Cl)cc3Cl)c(OC)c2)cc1OC. The summed E-state index contributed by atoms with van der Waals surface area (Å²) < 4.78 is 22.5. The minimum absolute atomic E-state index is 0.223. The number of halogens is 3. The van der Waals surface area contributed by atoms with Crippen molar-refractivity contribution in [3.8, 4) is 23.0 Å². The molecule has 2 amide bonds. The molecule has 0 fully saturated rings. The van der Waals surface area contributed by atoms with Crippen LogP contribution in [0.3, 0.4) is 0 Å². The number of nitrogens with zero attached hydrogens (tertiary/aromatic N) is 1. The van der Waals surface area contributed by atoms with Crippen LogP contribution in [-0.2, 0) is 11.4 Å². The van der Waals surface area contributed by atoms with E-state index in [0.717, 1.165) is 9.13 Å². The third kappa shape index (κ3) is 7.89. The van der Waals surface area contributed by atoms with E-state index in [-0.39, 0.29) is 13.2 Å². The molecular formula is C26H24Cl2IN3O6. The molecule has 0 radical (unpaired) electrons. The maximum absolute atomic E-state index is 12.4. The van der Waals surface area contributed by atoms with Gasteiger partial charge in [-0.3, -0.25) is 9.59 Å². The molecule has 0 aliphatic carbocycles. The van der Waals surface area contributed by atoms with Gasteiger partial charge in [0, 0.05) is 21.2 Å². The molecule has 12 heteroatoms. The highest BCUT2D eigenvalue weighted by Gasteiger charge is 2.14. The lowest BCUT2D eigenvalue weighted by molar-refractivity contribution is -0.120. The summed E-state index contributed by atoms with van der Waals surface area (Å²) in [5.74, 6) is 0.976.